The number of methoxy groups -OCH3 is 1. The molecule has 1 aromatic carbocycles. The van der Waals surface area contributed by atoms with Gasteiger partial charge in [0.2, 0.25) is 5.91 Å². The van der Waals surface area contributed by atoms with Crippen molar-refractivity contribution in [2.45, 2.75) is 25.7 Å². The number of benzene rings is 1. The first-order valence-electron chi connectivity index (χ1n) is 6.95. The predicted molar refractivity (Wildman–Crippen MR) is 77.2 cm³/mol. The fourth-order valence-corrected chi connectivity index (χ4v) is 2.45. The Morgan fingerprint density at radius 3 is 2.55 bits per heavy atom. The van der Waals surface area contributed by atoms with Crippen molar-refractivity contribution in [3.8, 4) is 5.75 Å². The zero-order valence-electron chi connectivity index (χ0n) is 12.1. The number of nitrogens with zero attached hydrogens (tertiary/aromatic N) is 1. The number of nitro groups is 1. The van der Waals surface area contributed by atoms with Crippen LogP contribution in [0.15, 0.2) is 18.2 Å². The SMILES string of the molecule is COc1ccc(C(=O)NNC(=O)C2CCCC2)cc1[N+](=O)[O-]. The van der Waals surface area contributed by atoms with Crippen LogP contribution in [0, 0.1) is 16.0 Å². The van der Waals surface area contributed by atoms with Crippen LogP contribution in [-0.4, -0.2) is 23.8 Å². The van der Waals surface area contributed by atoms with E-state index in [9.17, 15) is 19.7 Å². The molecule has 0 radical (unpaired) electrons. The van der Waals surface area contributed by atoms with Crippen molar-refractivity contribution in [3.05, 3.63) is 33.9 Å². The molecule has 0 aromatic heterocycles. The molecule has 0 spiro atoms. The van der Waals surface area contributed by atoms with Gasteiger partial charge in [-0.3, -0.25) is 30.6 Å². The lowest BCUT2D eigenvalue weighted by molar-refractivity contribution is -0.385. The minimum absolute atomic E-state index is 0.0662. The summed E-state index contributed by atoms with van der Waals surface area (Å²) >= 11 is 0. The summed E-state index contributed by atoms with van der Waals surface area (Å²) in [5, 5.41) is 10.9. The van der Waals surface area contributed by atoms with E-state index in [1.54, 1.807) is 0 Å². The monoisotopic (exact) mass is 307 g/mol. The highest BCUT2D eigenvalue weighted by molar-refractivity contribution is 5.96. The van der Waals surface area contributed by atoms with Crippen molar-refractivity contribution in [3.63, 3.8) is 0 Å². The molecule has 0 heterocycles. The maximum absolute atomic E-state index is 11.9. The fourth-order valence-electron chi connectivity index (χ4n) is 2.45. The number of carbonyl (C=O) groups is 2. The average molecular weight is 307 g/mol. The normalized spacial score (nSPS) is 14.4. The number of nitro benzene ring substituents is 1. The van der Waals surface area contributed by atoms with Crippen molar-refractivity contribution in [1.29, 1.82) is 0 Å². The molecule has 1 saturated carbocycles. The Kier molecular flexibility index (Phi) is 4.92. The highest BCUT2D eigenvalue weighted by atomic mass is 16.6. The average Bonchev–Trinajstić information content (AvgIpc) is 3.06. The predicted octanol–water partition coefficient (Wildman–Crippen LogP) is 1.55. The summed E-state index contributed by atoms with van der Waals surface area (Å²) in [6.45, 7) is 0. The summed E-state index contributed by atoms with van der Waals surface area (Å²) in [5.41, 5.74) is 4.40. The largest absolute Gasteiger partial charge is 0.490 e. The zero-order chi connectivity index (χ0) is 16.1. The van der Waals surface area contributed by atoms with Crippen LogP contribution in [0.3, 0.4) is 0 Å². The molecule has 8 heteroatoms. The van der Waals surface area contributed by atoms with Crippen molar-refractivity contribution >= 4 is 17.5 Å². The third-order valence-corrected chi connectivity index (χ3v) is 3.66. The van der Waals surface area contributed by atoms with E-state index in [2.05, 4.69) is 10.9 Å². The van der Waals surface area contributed by atoms with E-state index in [0.29, 0.717) is 0 Å². The van der Waals surface area contributed by atoms with Crippen LogP contribution in [0.25, 0.3) is 0 Å². The highest BCUT2D eigenvalue weighted by Crippen LogP contribution is 2.27. The lowest BCUT2D eigenvalue weighted by Crippen LogP contribution is -2.44. The molecule has 2 rings (SSSR count). The number of amides is 2. The number of rotatable bonds is 4. The molecule has 0 atom stereocenters. The summed E-state index contributed by atoms with van der Waals surface area (Å²) in [6.07, 6.45) is 3.65. The first kappa shape index (κ1) is 15.7. The van der Waals surface area contributed by atoms with Gasteiger partial charge in [-0.2, -0.15) is 0 Å². The third-order valence-electron chi connectivity index (χ3n) is 3.66. The van der Waals surface area contributed by atoms with E-state index in [0.717, 1.165) is 31.7 Å². The van der Waals surface area contributed by atoms with Gasteiger partial charge in [0.1, 0.15) is 0 Å². The molecule has 1 aliphatic rings. The molecule has 0 aliphatic heterocycles. The minimum atomic E-state index is -0.632. The molecule has 0 saturated heterocycles. The Morgan fingerprint density at radius 1 is 1.27 bits per heavy atom. The van der Waals surface area contributed by atoms with Gasteiger partial charge in [-0.1, -0.05) is 12.8 Å². The van der Waals surface area contributed by atoms with E-state index in [1.165, 1.54) is 19.2 Å². The molecule has 118 valence electrons. The van der Waals surface area contributed by atoms with Gasteiger partial charge in [0.25, 0.3) is 5.91 Å². The Morgan fingerprint density at radius 2 is 1.95 bits per heavy atom. The Labute approximate surface area is 127 Å². The second-order valence-electron chi connectivity index (χ2n) is 5.07. The van der Waals surface area contributed by atoms with Crippen LogP contribution in [-0.2, 0) is 4.79 Å². The van der Waals surface area contributed by atoms with Crippen molar-refractivity contribution in [2.24, 2.45) is 5.92 Å². The van der Waals surface area contributed by atoms with Crippen LogP contribution < -0.4 is 15.6 Å². The molecular weight excluding hydrogens is 290 g/mol. The van der Waals surface area contributed by atoms with Gasteiger partial charge in [0.15, 0.2) is 5.75 Å². The van der Waals surface area contributed by atoms with Crippen LogP contribution in [0.1, 0.15) is 36.0 Å². The van der Waals surface area contributed by atoms with E-state index in [1.807, 2.05) is 0 Å². The lowest BCUT2D eigenvalue weighted by atomic mass is 10.1. The molecule has 0 bridgehead atoms. The van der Waals surface area contributed by atoms with Crippen LogP contribution >= 0.6 is 0 Å². The quantitative estimate of drug-likeness (QED) is 0.647. The van der Waals surface area contributed by atoms with Crippen molar-refractivity contribution in [2.75, 3.05) is 7.11 Å². The molecule has 2 amide bonds. The first-order chi connectivity index (χ1) is 10.5. The van der Waals surface area contributed by atoms with Gasteiger partial charge in [0.05, 0.1) is 12.0 Å². The highest BCUT2D eigenvalue weighted by Gasteiger charge is 2.23. The maximum atomic E-state index is 11.9. The molecule has 8 nitrogen and oxygen atoms in total. The Hall–Kier alpha value is -2.64. The molecular formula is C14H17N3O5. The topological polar surface area (TPSA) is 111 Å². The van der Waals surface area contributed by atoms with E-state index in [-0.39, 0.29) is 28.8 Å². The number of carbonyl (C=O) groups excluding carboxylic acids is 2. The standard InChI is InChI=1S/C14H17N3O5/c1-22-12-7-6-10(8-11(12)17(20)21)14(19)16-15-13(18)9-4-2-3-5-9/h6-9H,2-5H2,1H3,(H,15,18)(H,16,19). The van der Waals surface area contributed by atoms with E-state index >= 15 is 0 Å². The van der Waals surface area contributed by atoms with Gasteiger partial charge in [0, 0.05) is 17.5 Å². The summed E-state index contributed by atoms with van der Waals surface area (Å²) in [4.78, 5) is 34.0. The second-order valence-corrected chi connectivity index (χ2v) is 5.07. The van der Waals surface area contributed by atoms with Gasteiger partial charge in [-0.05, 0) is 25.0 Å². The summed E-state index contributed by atoms with van der Waals surface area (Å²) in [7, 11) is 1.31. The molecule has 2 N–H and O–H groups in total. The minimum Gasteiger partial charge on any atom is -0.490 e. The van der Waals surface area contributed by atoms with Gasteiger partial charge < -0.3 is 4.74 Å². The smallest absolute Gasteiger partial charge is 0.311 e. The fraction of sp³-hybridized carbons (Fsp3) is 0.429. The van der Waals surface area contributed by atoms with E-state index < -0.39 is 10.8 Å². The van der Waals surface area contributed by atoms with Gasteiger partial charge in [-0.15, -0.1) is 0 Å². The van der Waals surface area contributed by atoms with Crippen molar-refractivity contribution in [1.82, 2.24) is 10.9 Å². The lowest BCUT2D eigenvalue weighted by Gasteiger charge is -2.11. The van der Waals surface area contributed by atoms with Crippen LogP contribution in [0.5, 0.6) is 5.75 Å². The summed E-state index contributed by atoms with van der Waals surface area (Å²) in [5.74, 6) is -0.854. The molecule has 1 fully saturated rings. The molecule has 1 aromatic rings. The first-order valence-corrected chi connectivity index (χ1v) is 6.95. The van der Waals surface area contributed by atoms with Gasteiger partial charge in [-0.25, -0.2) is 0 Å². The maximum Gasteiger partial charge on any atom is 0.311 e. The Balaban J connectivity index is 2.01. The molecule has 0 unspecified atom stereocenters. The van der Waals surface area contributed by atoms with Crippen LogP contribution in [0.2, 0.25) is 0 Å². The third kappa shape index (κ3) is 3.51. The number of hydrogen-bond donors (Lipinski definition) is 2. The van der Waals surface area contributed by atoms with Crippen molar-refractivity contribution < 1.29 is 19.2 Å². The zero-order valence-corrected chi connectivity index (χ0v) is 12.1. The summed E-state index contributed by atoms with van der Waals surface area (Å²) in [6, 6.07) is 3.84. The van der Waals surface area contributed by atoms with Crippen LogP contribution in [0.4, 0.5) is 5.69 Å². The Bertz CT molecular complexity index is 596. The van der Waals surface area contributed by atoms with E-state index in [4.69, 9.17) is 4.74 Å². The van der Waals surface area contributed by atoms with Gasteiger partial charge >= 0.3 is 5.69 Å². The number of nitrogens with one attached hydrogen (secondary N) is 2. The molecule has 22 heavy (non-hydrogen) atoms. The summed E-state index contributed by atoms with van der Waals surface area (Å²) < 4.78 is 4.86. The number of hydrogen-bond acceptors (Lipinski definition) is 5. The second kappa shape index (κ2) is 6.88. The molecule has 1 aliphatic carbocycles. The number of hydrazine groups is 1. The number of ether oxygens (including phenoxy) is 1.